The number of esters is 1. The molecule has 0 saturated carbocycles. The van der Waals surface area contributed by atoms with E-state index < -0.39 is 5.97 Å². The molecule has 0 fully saturated rings. The Kier molecular flexibility index (Phi) is 8.29. The molecule has 2 aromatic carbocycles. The third kappa shape index (κ3) is 6.92. The highest BCUT2D eigenvalue weighted by Gasteiger charge is 2.08. The predicted molar refractivity (Wildman–Crippen MR) is 107 cm³/mol. The molecular formula is C19H22N4O4S. The van der Waals surface area contributed by atoms with Crippen LogP contribution in [0.1, 0.15) is 17.3 Å². The lowest BCUT2D eigenvalue weighted by Gasteiger charge is -2.11. The molecule has 0 atom stereocenters. The number of carbonyl (C=O) groups excluding carboxylic acids is 2. The van der Waals surface area contributed by atoms with Crippen molar-refractivity contribution in [2.24, 2.45) is 10.3 Å². The zero-order chi connectivity index (χ0) is 20.4. The Hall–Kier alpha value is -3.07. The maximum Gasteiger partial charge on any atom is 0.338 e. The molecule has 8 nitrogen and oxygen atoms in total. The highest BCUT2D eigenvalue weighted by Crippen LogP contribution is 2.20. The summed E-state index contributed by atoms with van der Waals surface area (Å²) < 4.78 is 4.91. The van der Waals surface area contributed by atoms with Gasteiger partial charge in [0.15, 0.2) is 0 Å². The van der Waals surface area contributed by atoms with Crippen molar-refractivity contribution in [1.29, 1.82) is 0 Å². The second kappa shape index (κ2) is 10.9. The minimum Gasteiger partial charge on any atom is -0.508 e. The van der Waals surface area contributed by atoms with Gasteiger partial charge < -0.3 is 15.2 Å². The van der Waals surface area contributed by atoms with Gasteiger partial charge in [-0.3, -0.25) is 0 Å². The number of urea groups is 1. The summed E-state index contributed by atoms with van der Waals surface area (Å²) in [7, 11) is 1.50. The topological polar surface area (TPSA) is 104 Å². The van der Waals surface area contributed by atoms with Crippen LogP contribution in [-0.2, 0) is 4.74 Å². The van der Waals surface area contributed by atoms with E-state index >= 15 is 0 Å². The van der Waals surface area contributed by atoms with Gasteiger partial charge in [-0.15, -0.1) is 16.9 Å². The van der Waals surface area contributed by atoms with E-state index in [0.717, 1.165) is 9.90 Å². The van der Waals surface area contributed by atoms with Crippen molar-refractivity contribution in [3.05, 3.63) is 54.1 Å². The molecular weight excluding hydrogens is 380 g/mol. The molecule has 148 valence electrons. The van der Waals surface area contributed by atoms with Gasteiger partial charge in [-0.1, -0.05) is 5.22 Å². The molecule has 0 spiro atoms. The Balaban J connectivity index is 1.75. The Morgan fingerprint density at radius 2 is 1.82 bits per heavy atom. The standard InChI is InChI=1S/C19H22N4O4S/c1-3-27-18(25)14-4-6-15(7-5-14)21-22-23(2)19(26)20-12-13-28-17-10-8-16(24)9-11-17/h4-11,24H,3,12-13H2,1-2H3,(H,20,26). The van der Waals surface area contributed by atoms with Crippen LogP contribution in [0.5, 0.6) is 5.75 Å². The van der Waals surface area contributed by atoms with E-state index in [2.05, 4.69) is 15.7 Å². The minimum absolute atomic E-state index is 0.222. The lowest BCUT2D eigenvalue weighted by Crippen LogP contribution is -2.35. The number of aromatic hydroxyl groups is 1. The summed E-state index contributed by atoms with van der Waals surface area (Å²) in [6, 6.07) is 12.9. The first-order chi connectivity index (χ1) is 13.5. The average molecular weight is 402 g/mol. The van der Waals surface area contributed by atoms with Gasteiger partial charge in [0.1, 0.15) is 5.75 Å². The second-order valence-corrected chi connectivity index (χ2v) is 6.72. The molecule has 9 heteroatoms. The fraction of sp³-hybridized carbons (Fsp3) is 0.263. The molecule has 0 aromatic heterocycles. The maximum atomic E-state index is 12.0. The maximum absolute atomic E-state index is 12.0. The Labute approximate surface area is 167 Å². The highest BCUT2D eigenvalue weighted by molar-refractivity contribution is 7.99. The smallest absolute Gasteiger partial charge is 0.338 e. The van der Waals surface area contributed by atoms with E-state index in [1.54, 1.807) is 55.1 Å². The number of benzene rings is 2. The molecule has 0 radical (unpaired) electrons. The molecule has 2 aromatic rings. The van der Waals surface area contributed by atoms with Crippen LogP contribution in [0.25, 0.3) is 0 Å². The Morgan fingerprint density at radius 3 is 2.46 bits per heavy atom. The molecule has 2 amide bonds. The first kappa shape index (κ1) is 21.2. The summed E-state index contributed by atoms with van der Waals surface area (Å²) >= 11 is 1.56. The quantitative estimate of drug-likeness (QED) is 0.228. The molecule has 0 heterocycles. The van der Waals surface area contributed by atoms with E-state index in [1.165, 1.54) is 7.05 Å². The predicted octanol–water partition coefficient (Wildman–Crippen LogP) is 4.00. The summed E-state index contributed by atoms with van der Waals surface area (Å²) in [5.41, 5.74) is 0.939. The van der Waals surface area contributed by atoms with Crippen LogP contribution in [0, 0.1) is 0 Å². The molecule has 0 aliphatic heterocycles. The number of nitrogens with zero attached hydrogens (tertiary/aromatic N) is 3. The lowest BCUT2D eigenvalue weighted by molar-refractivity contribution is 0.0526. The van der Waals surface area contributed by atoms with Gasteiger partial charge in [0.2, 0.25) is 0 Å². The van der Waals surface area contributed by atoms with Crippen LogP contribution in [0.3, 0.4) is 0 Å². The van der Waals surface area contributed by atoms with Crippen molar-refractivity contribution in [2.75, 3.05) is 26.0 Å². The molecule has 0 unspecified atom stereocenters. The van der Waals surface area contributed by atoms with Gasteiger partial charge in [0.25, 0.3) is 0 Å². The number of thioether (sulfide) groups is 1. The molecule has 2 rings (SSSR count). The van der Waals surface area contributed by atoms with Crippen molar-refractivity contribution >= 4 is 29.4 Å². The molecule has 2 N–H and O–H groups in total. The van der Waals surface area contributed by atoms with Crippen molar-refractivity contribution in [3.8, 4) is 5.75 Å². The minimum atomic E-state index is -0.396. The Bertz CT molecular complexity index is 810. The fourth-order valence-electron chi connectivity index (χ4n) is 2.02. The second-order valence-electron chi connectivity index (χ2n) is 5.55. The van der Waals surface area contributed by atoms with E-state index in [-0.39, 0.29) is 11.8 Å². The van der Waals surface area contributed by atoms with Crippen LogP contribution >= 0.6 is 11.8 Å². The van der Waals surface area contributed by atoms with Gasteiger partial charge in [0.05, 0.1) is 17.9 Å². The third-order valence-electron chi connectivity index (χ3n) is 3.45. The summed E-state index contributed by atoms with van der Waals surface area (Å²) in [6.45, 7) is 2.51. The van der Waals surface area contributed by atoms with Gasteiger partial charge in [-0.05, 0) is 55.5 Å². The number of nitrogens with one attached hydrogen (secondary N) is 1. The number of hydrogen-bond acceptors (Lipinski definition) is 7. The molecule has 0 aliphatic rings. The number of amides is 2. The largest absolute Gasteiger partial charge is 0.508 e. The Morgan fingerprint density at radius 1 is 1.14 bits per heavy atom. The van der Waals surface area contributed by atoms with Crippen LogP contribution in [0.4, 0.5) is 10.5 Å². The number of rotatable bonds is 8. The normalized spacial score (nSPS) is 10.6. The van der Waals surface area contributed by atoms with E-state index in [1.807, 2.05) is 12.1 Å². The first-order valence-corrected chi connectivity index (χ1v) is 9.60. The van der Waals surface area contributed by atoms with Crippen LogP contribution in [0.15, 0.2) is 63.8 Å². The molecule has 0 saturated heterocycles. The monoisotopic (exact) mass is 402 g/mol. The van der Waals surface area contributed by atoms with Crippen LogP contribution in [0.2, 0.25) is 0 Å². The highest BCUT2D eigenvalue weighted by atomic mass is 32.2. The SMILES string of the molecule is CCOC(=O)c1ccc(N=NN(C)C(=O)NCCSc2ccc(O)cc2)cc1. The summed E-state index contributed by atoms with van der Waals surface area (Å²) in [4.78, 5) is 24.6. The third-order valence-corrected chi connectivity index (χ3v) is 4.46. The van der Waals surface area contributed by atoms with E-state index in [9.17, 15) is 14.7 Å². The van der Waals surface area contributed by atoms with Crippen molar-refractivity contribution in [3.63, 3.8) is 0 Å². The van der Waals surface area contributed by atoms with Gasteiger partial charge in [-0.25, -0.2) is 9.59 Å². The van der Waals surface area contributed by atoms with Crippen molar-refractivity contribution in [2.45, 2.75) is 11.8 Å². The van der Waals surface area contributed by atoms with E-state index in [4.69, 9.17) is 4.74 Å². The zero-order valence-electron chi connectivity index (χ0n) is 15.7. The summed E-state index contributed by atoms with van der Waals surface area (Å²) in [5, 5.41) is 20.9. The lowest BCUT2D eigenvalue weighted by atomic mass is 10.2. The fourth-order valence-corrected chi connectivity index (χ4v) is 2.79. The van der Waals surface area contributed by atoms with Crippen molar-refractivity contribution in [1.82, 2.24) is 10.3 Å². The summed E-state index contributed by atoms with van der Waals surface area (Å²) in [5.74, 6) is 0.504. The number of phenols is 1. The van der Waals surface area contributed by atoms with E-state index in [0.29, 0.717) is 30.2 Å². The van der Waals surface area contributed by atoms with Crippen LogP contribution in [-0.4, -0.2) is 48.1 Å². The number of ether oxygens (including phenoxy) is 1. The molecule has 28 heavy (non-hydrogen) atoms. The van der Waals surface area contributed by atoms with Gasteiger partial charge in [0, 0.05) is 24.2 Å². The number of carbonyl (C=O) groups is 2. The van der Waals surface area contributed by atoms with Gasteiger partial charge >= 0.3 is 12.0 Å². The average Bonchev–Trinajstić information content (AvgIpc) is 2.71. The number of phenolic OH excluding ortho intramolecular Hbond substituents is 1. The van der Waals surface area contributed by atoms with Gasteiger partial charge in [-0.2, -0.15) is 5.01 Å². The van der Waals surface area contributed by atoms with Crippen molar-refractivity contribution < 1.29 is 19.4 Å². The summed E-state index contributed by atoms with van der Waals surface area (Å²) in [6.07, 6.45) is 0. The zero-order valence-corrected chi connectivity index (χ0v) is 16.5. The van der Waals surface area contributed by atoms with Crippen LogP contribution < -0.4 is 5.32 Å². The number of hydrogen-bond donors (Lipinski definition) is 2. The first-order valence-electron chi connectivity index (χ1n) is 8.62. The molecule has 0 bridgehead atoms. The molecule has 0 aliphatic carbocycles.